The van der Waals surface area contributed by atoms with Gasteiger partial charge in [-0.25, -0.2) is 4.79 Å². The van der Waals surface area contributed by atoms with E-state index in [4.69, 9.17) is 5.11 Å². The van der Waals surface area contributed by atoms with E-state index in [0.29, 0.717) is 0 Å². The van der Waals surface area contributed by atoms with E-state index < -0.39 is 5.97 Å². The summed E-state index contributed by atoms with van der Waals surface area (Å²) in [4.78, 5) is 14.2. The zero-order valence-corrected chi connectivity index (χ0v) is 11.8. The van der Waals surface area contributed by atoms with Crippen LogP contribution in [0.1, 0.15) is 16.9 Å². The average molecular weight is 283 g/mol. The van der Waals surface area contributed by atoms with Crippen LogP contribution in [-0.2, 0) is 11.3 Å². The zero-order valence-electron chi connectivity index (χ0n) is 10.2. The molecular formula is C13H17NO2S2. The van der Waals surface area contributed by atoms with Gasteiger partial charge in [0, 0.05) is 29.8 Å². The van der Waals surface area contributed by atoms with Crippen molar-refractivity contribution >= 4 is 35.1 Å². The molecule has 2 rings (SSSR count). The Morgan fingerprint density at radius 2 is 2.33 bits per heavy atom. The number of thiophene rings is 1. The first-order valence-electron chi connectivity index (χ1n) is 6.02. The van der Waals surface area contributed by atoms with E-state index in [2.05, 4.69) is 11.0 Å². The molecule has 1 aromatic heterocycles. The fourth-order valence-corrected chi connectivity index (χ4v) is 3.73. The van der Waals surface area contributed by atoms with E-state index in [1.807, 2.05) is 17.1 Å². The number of hydrogen-bond acceptors (Lipinski definition) is 4. The Bertz CT molecular complexity index is 420. The van der Waals surface area contributed by atoms with Crippen molar-refractivity contribution in [2.75, 3.05) is 24.6 Å². The molecule has 0 unspecified atom stereocenters. The number of hydrogen-bond donors (Lipinski definition) is 1. The van der Waals surface area contributed by atoms with Gasteiger partial charge in [0.1, 0.15) is 0 Å². The molecule has 1 aromatic rings. The van der Waals surface area contributed by atoms with Gasteiger partial charge in [-0.15, -0.1) is 11.3 Å². The number of carboxylic acids is 1. The number of carboxylic acid groups (broad SMARTS) is 1. The molecule has 1 N–H and O–H groups in total. The number of carbonyl (C=O) groups is 1. The first-order valence-corrected chi connectivity index (χ1v) is 8.06. The molecule has 0 spiro atoms. The highest BCUT2D eigenvalue weighted by Gasteiger charge is 2.10. The first kappa shape index (κ1) is 13.6. The minimum absolute atomic E-state index is 0.896. The van der Waals surface area contributed by atoms with Crippen LogP contribution in [0.5, 0.6) is 0 Å². The summed E-state index contributed by atoms with van der Waals surface area (Å²) in [7, 11) is 0. The van der Waals surface area contributed by atoms with Crippen LogP contribution in [-0.4, -0.2) is 40.6 Å². The van der Waals surface area contributed by atoms with Gasteiger partial charge in [-0.1, -0.05) is 0 Å². The Hall–Kier alpha value is -0.780. The number of rotatable bonds is 4. The third-order valence-electron chi connectivity index (χ3n) is 2.79. The minimum atomic E-state index is -0.896. The molecule has 0 atom stereocenters. The molecule has 18 heavy (non-hydrogen) atoms. The molecule has 1 saturated heterocycles. The van der Waals surface area contributed by atoms with Crippen LogP contribution >= 0.6 is 23.1 Å². The number of nitrogens with zero attached hydrogens (tertiary/aromatic N) is 1. The van der Waals surface area contributed by atoms with E-state index >= 15 is 0 Å². The summed E-state index contributed by atoms with van der Waals surface area (Å²) in [5.41, 5.74) is 0.988. The lowest BCUT2D eigenvalue weighted by atomic mass is 10.2. The van der Waals surface area contributed by atoms with Gasteiger partial charge in [0.05, 0.1) is 0 Å². The number of thioether (sulfide) groups is 1. The lowest BCUT2D eigenvalue weighted by Crippen LogP contribution is -2.24. The second-order valence-electron chi connectivity index (χ2n) is 4.26. The molecule has 0 saturated carbocycles. The third kappa shape index (κ3) is 4.48. The molecule has 3 nitrogen and oxygen atoms in total. The molecule has 5 heteroatoms. The van der Waals surface area contributed by atoms with Crippen LogP contribution in [0.25, 0.3) is 6.08 Å². The normalized spacial score (nSPS) is 18.0. The smallest absolute Gasteiger partial charge is 0.328 e. The third-order valence-corrected chi connectivity index (χ3v) is 4.78. The van der Waals surface area contributed by atoms with E-state index in [1.165, 1.54) is 35.4 Å². The lowest BCUT2D eigenvalue weighted by molar-refractivity contribution is -0.131. The van der Waals surface area contributed by atoms with Gasteiger partial charge in [0.15, 0.2) is 0 Å². The summed E-state index contributed by atoms with van der Waals surface area (Å²) in [6.07, 6.45) is 4.11. The topological polar surface area (TPSA) is 40.5 Å². The van der Waals surface area contributed by atoms with Gasteiger partial charge in [0.2, 0.25) is 0 Å². The van der Waals surface area contributed by atoms with Crippen LogP contribution in [0.2, 0.25) is 0 Å². The van der Waals surface area contributed by atoms with Crippen molar-refractivity contribution in [1.29, 1.82) is 0 Å². The van der Waals surface area contributed by atoms with Gasteiger partial charge in [-0.05, 0) is 41.8 Å². The molecule has 1 fully saturated rings. The Kier molecular flexibility index (Phi) is 5.28. The second-order valence-corrected chi connectivity index (χ2v) is 6.48. The number of aliphatic carboxylic acids is 1. The maximum Gasteiger partial charge on any atom is 0.328 e. The monoisotopic (exact) mass is 283 g/mol. The van der Waals surface area contributed by atoms with E-state index in [1.54, 1.807) is 17.4 Å². The van der Waals surface area contributed by atoms with E-state index in [0.717, 1.165) is 18.7 Å². The average Bonchev–Trinajstić information content (AvgIpc) is 2.62. The molecule has 1 aliphatic rings. The van der Waals surface area contributed by atoms with Crippen LogP contribution in [0.3, 0.4) is 0 Å². The van der Waals surface area contributed by atoms with Gasteiger partial charge in [-0.2, -0.15) is 11.8 Å². The Labute approximate surface area is 115 Å². The van der Waals surface area contributed by atoms with Crippen molar-refractivity contribution in [2.45, 2.75) is 13.0 Å². The molecule has 0 bridgehead atoms. The summed E-state index contributed by atoms with van der Waals surface area (Å²) in [6, 6.07) is 2.09. The predicted molar refractivity (Wildman–Crippen MR) is 78.2 cm³/mol. The second kappa shape index (κ2) is 6.97. The standard InChI is InChI=1S/C13H17NO2S2/c15-13(16)3-2-11-8-12(18-10-11)9-14-4-1-6-17-7-5-14/h2-3,8,10H,1,4-7,9H2,(H,15,16). The molecule has 0 aromatic carbocycles. The molecule has 1 aliphatic heterocycles. The van der Waals surface area contributed by atoms with Crippen molar-refractivity contribution in [1.82, 2.24) is 4.90 Å². The summed E-state index contributed by atoms with van der Waals surface area (Å²) in [5.74, 6) is 1.59. The van der Waals surface area contributed by atoms with Crippen molar-refractivity contribution < 1.29 is 9.90 Å². The maximum atomic E-state index is 10.4. The quantitative estimate of drug-likeness (QED) is 0.863. The molecule has 98 valence electrons. The molecule has 2 heterocycles. The van der Waals surface area contributed by atoms with E-state index in [9.17, 15) is 4.79 Å². The highest BCUT2D eigenvalue weighted by atomic mass is 32.2. The minimum Gasteiger partial charge on any atom is -0.478 e. The fourth-order valence-electron chi connectivity index (χ4n) is 1.91. The van der Waals surface area contributed by atoms with Crippen LogP contribution in [0.15, 0.2) is 17.5 Å². The summed E-state index contributed by atoms with van der Waals surface area (Å²) >= 11 is 3.74. The van der Waals surface area contributed by atoms with Gasteiger partial charge in [0.25, 0.3) is 0 Å². The molecule has 0 radical (unpaired) electrons. The van der Waals surface area contributed by atoms with E-state index in [-0.39, 0.29) is 0 Å². The fraction of sp³-hybridized carbons (Fsp3) is 0.462. The largest absolute Gasteiger partial charge is 0.478 e. The SMILES string of the molecule is O=C(O)C=Cc1csc(CN2CCCSCC2)c1. The van der Waals surface area contributed by atoms with Crippen molar-refractivity contribution in [3.8, 4) is 0 Å². The zero-order chi connectivity index (χ0) is 12.8. The lowest BCUT2D eigenvalue weighted by Gasteiger charge is -2.17. The summed E-state index contributed by atoms with van der Waals surface area (Å²) in [6.45, 7) is 3.32. The Morgan fingerprint density at radius 3 is 3.17 bits per heavy atom. The van der Waals surface area contributed by atoms with Crippen LogP contribution < -0.4 is 0 Å². The van der Waals surface area contributed by atoms with Gasteiger partial charge >= 0.3 is 5.97 Å². The predicted octanol–water partition coefficient (Wildman–Crippen LogP) is 2.78. The van der Waals surface area contributed by atoms with Crippen molar-refractivity contribution in [2.24, 2.45) is 0 Å². The summed E-state index contributed by atoms with van der Waals surface area (Å²) in [5, 5.41) is 10.6. The first-order chi connectivity index (χ1) is 8.74. The Morgan fingerprint density at radius 1 is 1.44 bits per heavy atom. The van der Waals surface area contributed by atoms with Crippen LogP contribution in [0, 0.1) is 0 Å². The van der Waals surface area contributed by atoms with Crippen LogP contribution in [0.4, 0.5) is 0 Å². The van der Waals surface area contributed by atoms with Gasteiger partial charge in [-0.3, -0.25) is 4.90 Å². The molecular weight excluding hydrogens is 266 g/mol. The highest BCUT2D eigenvalue weighted by molar-refractivity contribution is 7.99. The van der Waals surface area contributed by atoms with Crippen molar-refractivity contribution in [3.05, 3.63) is 28.0 Å². The summed E-state index contributed by atoms with van der Waals surface area (Å²) < 4.78 is 0. The van der Waals surface area contributed by atoms with Crippen molar-refractivity contribution in [3.63, 3.8) is 0 Å². The maximum absolute atomic E-state index is 10.4. The molecule has 0 aliphatic carbocycles. The van der Waals surface area contributed by atoms with Gasteiger partial charge < -0.3 is 5.11 Å². The highest BCUT2D eigenvalue weighted by Crippen LogP contribution is 2.19. The Balaban J connectivity index is 1.91. The molecule has 0 amide bonds.